The van der Waals surface area contributed by atoms with Crippen LogP contribution in [-0.2, 0) is 13.6 Å². The highest BCUT2D eigenvalue weighted by Gasteiger charge is 2.09. The van der Waals surface area contributed by atoms with Crippen molar-refractivity contribution in [2.45, 2.75) is 18.4 Å². The predicted octanol–water partition coefficient (Wildman–Crippen LogP) is 2.78. The van der Waals surface area contributed by atoms with Gasteiger partial charge in [0.2, 0.25) is 0 Å². The van der Waals surface area contributed by atoms with Gasteiger partial charge in [0, 0.05) is 24.1 Å². The van der Waals surface area contributed by atoms with E-state index in [1.54, 1.807) is 22.6 Å². The molecule has 0 unspecified atom stereocenters. The summed E-state index contributed by atoms with van der Waals surface area (Å²) in [7, 11) is 1.86. The summed E-state index contributed by atoms with van der Waals surface area (Å²) in [6.45, 7) is 2.60. The molecule has 1 aromatic heterocycles. The Morgan fingerprint density at radius 1 is 1.44 bits per heavy atom. The molecule has 0 aliphatic heterocycles. The summed E-state index contributed by atoms with van der Waals surface area (Å²) < 4.78 is 7.54. The second kappa shape index (κ2) is 5.93. The highest BCUT2D eigenvalue weighted by Crippen LogP contribution is 2.32. The monoisotopic (exact) mass is 263 g/mol. The maximum Gasteiger partial charge on any atom is 0.165 e. The van der Waals surface area contributed by atoms with Gasteiger partial charge in [0.05, 0.1) is 12.4 Å². The molecule has 0 atom stereocenters. The molecule has 1 heterocycles. The first-order valence-corrected chi connectivity index (χ1v) is 6.84. The van der Waals surface area contributed by atoms with Gasteiger partial charge in [0.25, 0.3) is 0 Å². The zero-order valence-electron chi connectivity index (χ0n) is 10.6. The van der Waals surface area contributed by atoms with Gasteiger partial charge in [-0.3, -0.25) is 4.68 Å². The van der Waals surface area contributed by atoms with Crippen LogP contribution in [0.4, 0.5) is 0 Å². The molecule has 2 N–H and O–H groups in total. The first-order chi connectivity index (χ1) is 8.74. The third-order valence-corrected chi connectivity index (χ3v) is 3.49. The van der Waals surface area contributed by atoms with Gasteiger partial charge in [-0.05, 0) is 17.9 Å². The standard InChI is InChI=1S/C13H17N3OS/c1-3-18-13-6-4-5-12(11(13)7-14)17-10-8-15-16(2)9-10/h4-6,8-9H,3,7,14H2,1-2H3. The van der Waals surface area contributed by atoms with Gasteiger partial charge in [-0.25, -0.2) is 0 Å². The Labute approximate surface area is 111 Å². The van der Waals surface area contributed by atoms with Gasteiger partial charge < -0.3 is 10.5 Å². The highest BCUT2D eigenvalue weighted by atomic mass is 32.2. The van der Waals surface area contributed by atoms with E-state index >= 15 is 0 Å². The number of ether oxygens (including phenoxy) is 1. The van der Waals surface area contributed by atoms with Crippen LogP contribution in [0.2, 0.25) is 0 Å². The van der Waals surface area contributed by atoms with Crippen molar-refractivity contribution in [1.29, 1.82) is 0 Å². The average molecular weight is 263 g/mol. The van der Waals surface area contributed by atoms with Crippen LogP contribution in [0.15, 0.2) is 35.5 Å². The summed E-state index contributed by atoms with van der Waals surface area (Å²) in [6, 6.07) is 6.00. The molecule has 0 saturated carbocycles. The van der Waals surface area contributed by atoms with Crippen LogP contribution in [0.25, 0.3) is 0 Å². The fraction of sp³-hybridized carbons (Fsp3) is 0.308. The van der Waals surface area contributed by atoms with E-state index < -0.39 is 0 Å². The summed E-state index contributed by atoms with van der Waals surface area (Å²) in [6.07, 6.45) is 3.53. The number of hydrogen-bond acceptors (Lipinski definition) is 4. The van der Waals surface area contributed by atoms with Crippen molar-refractivity contribution in [2.75, 3.05) is 5.75 Å². The van der Waals surface area contributed by atoms with E-state index in [9.17, 15) is 0 Å². The number of benzene rings is 1. The van der Waals surface area contributed by atoms with Gasteiger partial charge >= 0.3 is 0 Å². The molecular formula is C13H17N3OS. The molecule has 5 heteroatoms. The van der Waals surface area contributed by atoms with Crippen LogP contribution < -0.4 is 10.5 Å². The van der Waals surface area contributed by atoms with Crippen LogP contribution in [0.5, 0.6) is 11.5 Å². The third kappa shape index (κ3) is 2.86. The largest absolute Gasteiger partial charge is 0.454 e. The molecule has 0 fully saturated rings. The molecule has 18 heavy (non-hydrogen) atoms. The maximum atomic E-state index is 5.83. The molecular weight excluding hydrogens is 246 g/mol. The van der Waals surface area contributed by atoms with Crippen molar-refractivity contribution in [1.82, 2.24) is 9.78 Å². The Kier molecular flexibility index (Phi) is 4.28. The lowest BCUT2D eigenvalue weighted by Gasteiger charge is -2.12. The number of nitrogens with two attached hydrogens (primary N) is 1. The van der Waals surface area contributed by atoms with E-state index in [1.165, 1.54) is 4.90 Å². The topological polar surface area (TPSA) is 53.1 Å². The third-order valence-electron chi connectivity index (χ3n) is 2.50. The summed E-state index contributed by atoms with van der Waals surface area (Å²) in [5, 5.41) is 4.08. The minimum absolute atomic E-state index is 0.471. The Hall–Kier alpha value is -1.46. The summed E-state index contributed by atoms with van der Waals surface area (Å²) in [4.78, 5) is 1.18. The molecule has 0 radical (unpaired) electrons. The summed E-state index contributed by atoms with van der Waals surface area (Å²) >= 11 is 1.78. The van der Waals surface area contributed by atoms with E-state index in [2.05, 4.69) is 18.1 Å². The quantitative estimate of drug-likeness (QED) is 0.843. The predicted molar refractivity (Wildman–Crippen MR) is 74.0 cm³/mol. The molecule has 0 amide bonds. The summed E-state index contributed by atoms with van der Waals surface area (Å²) in [5.41, 5.74) is 6.88. The van der Waals surface area contributed by atoms with Crippen molar-refractivity contribution < 1.29 is 4.74 Å². The average Bonchev–Trinajstić information content (AvgIpc) is 2.76. The number of aryl methyl sites for hydroxylation is 1. The maximum absolute atomic E-state index is 5.83. The minimum atomic E-state index is 0.471. The fourth-order valence-corrected chi connectivity index (χ4v) is 2.56. The number of rotatable bonds is 5. The first-order valence-electron chi connectivity index (χ1n) is 5.85. The van der Waals surface area contributed by atoms with Crippen LogP contribution in [0.3, 0.4) is 0 Å². The van der Waals surface area contributed by atoms with E-state index in [0.29, 0.717) is 6.54 Å². The fourth-order valence-electron chi connectivity index (χ4n) is 1.71. The molecule has 2 rings (SSSR count). The molecule has 0 spiro atoms. The second-order valence-electron chi connectivity index (χ2n) is 3.82. The molecule has 96 valence electrons. The van der Waals surface area contributed by atoms with Gasteiger partial charge in [-0.15, -0.1) is 11.8 Å². The number of thioether (sulfide) groups is 1. The van der Waals surface area contributed by atoms with Gasteiger partial charge in [0.1, 0.15) is 5.75 Å². The van der Waals surface area contributed by atoms with E-state index in [1.807, 2.05) is 25.4 Å². The van der Waals surface area contributed by atoms with E-state index in [4.69, 9.17) is 10.5 Å². The van der Waals surface area contributed by atoms with Crippen molar-refractivity contribution in [3.63, 3.8) is 0 Å². The number of nitrogens with zero attached hydrogens (tertiary/aromatic N) is 2. The lowest BCUT2D eigenvalue weighted by molar-refractivity contribution is 0.473. The van der Waals surface area contributed by atoms with Crippen LogP contribution >= 0.6 is 11.8 Å². The first kappa shape index (κ1) is 13.0. The zero-order chi connectivity index (χ0) is 13.0. The molecule has 0 bridgehead atoms. The molecule has 2 aromatic rings. The van der Waals surface area contributed by atoms with Crippen molar-refractivity contribution in [3.05, 3.63) is 36.2 Å². The van der Waals surface area contributed by atoms with Crippen LogP contribution in [-0.4, -0.2) is 15.5 Å². The van der Waals surface area contributed by atoms with Crippen molar-refractivity contribution in [2.24, 2.45) is 12.8 Å². The SMILES string of the molecule is CCSc1cccc(Oc2cnn(C)c2)c1CN. The minimum Gasteiger partial charge on any atom is -0.454 e. The van der Waals surface area contributed by atoms with Gasteiger partial charge in [-0.2, -0.15) is 5.10 Å². The van der Waals surface area contributed by atoms with Gasteiger partial charge in [-0.1, -0.05) is 13.0 Å². The number of hydrogen-bond donors (Lipinski definition) is 1. The Morgan fingerprint density at radius 2 is 2.28 bits per heavy atom. The Morgan fingerprint density at radius 3 is 2.89 bits per heavy atom. The van der Waals surface area contributed by atoms with Gasteiger partial charge in [0.15, 0.2) is 5.75 Å². The van der Waals surface area contributed by atoms with Crippen LogP contribution in [0.1, 0.15) is 12.5 Å². The Bertz CT molecular complexity index is 525. The second-order valence-corrected chi connectivity index (χ2v) is 5.13. The highest BCUT2D eigenvalue weighted by molar-refractivity contribution is 7.99. The molecule has 4 nitrogen and oxygen atoms in total. The van der Waals surface area contributed by atoms with Crippen molar-refractivity contribution in [3.8, 4) is 11.5 Å². The molecule has 0 aliphatic rings. The number of aromatic nitrogens is 2. The molecule has 0 saturated heterocycles. The lowest BCUT2D eigenvalue weighted by atomic mass is 10.2. The van der Waals surface area contributed by atoms with Crippen LogP contribution in [0, 0.1) is 0 Å². The Balaban J connectivity index is 2.29. The molecule has 0 aliphatic carbocycles. The normalized spacial score (nSPS) is 10.6. The summed E-state index contributed by atoms with van der Waals surface area (Å²) in [5.74, 6) is 2.55. The molecule has 1 aromatic carbocycles. The van der Waals surface area contributed by atoms with E-state index in [0.717, 1.165) is 22.8 Å². The smallest absolute Gasteiger partial charge is 0.165 e. The van der Waals surface area contributed by atoms with E-state index in [-0.39, 0.29) is 0 Å². The lowest BCUT2D eigenvalue weighted by Crippen LogP contribution is -2.01. The van der Waals surface area contributed by atoms with Crippen molar-refractivity contribution >= 4 is 11.8 Å². The zero-order valence-corrected chi connectivity index (χ0v) is 11.4.